The summed E-state index contributed by atoms with van der Waals surface area (Å²) in [6, 6.07) is 8.34. The maximum absolute atomic E-state index is 12.9. The molecule has 0 saturated carbocycles. The summed E-state index contributed by atoms with van der Waals surface area (Å²) >= 11 is 5.57. The number of carbonyl (C=O) groups is 1. The molecule has 2 aromatic rings. The number of benzene rings is 2. The van der Waals surface area contributed by atoms with Gasteiger partial charge in [0.05, 0.1) is 15.5 Å². The summed E-state index contributed by atoms with van der Waals surface area (Å²) in [5.74, 6) is -0.664. The Hall–Kier alpha value is -2.10. The molecule has 1 aliphatic heterocycles. The number of anilines is 1. The molecule has 1 N–H and O–H groups in total. The van der Waals surface area contributed by atoms with Crippen molar-refractivity contribution in [3.63, 3.8) is 0 Å². The van der Waals surface area contributed by atoms with Crippen molar-refractivity contribution in [2.24, 2.45) is 0 Å². The van der Waals surface area contributed by atoms with Crippen LogP contribution in [0.1, 0.15) is 35.2 Å². The molecule has 0 spiro atoms. The van der Waals surface area contributed by atoms with E-state index in [9.17, 15) is 26.4 Å². The molecular formula is C19H18ClF3N2O3S. The molecule has 5 nitrogen and oxygen atoms in total. The first-order valence-corrected chi connectivity index (χ1v) is 10.7. The van der Waals surface area contributed by atoms with Gasteiger partial charge in [0.15, 0.2) is 0 Å². The normalized spacial score (nSPS) is 15.9. The second-order valence-corrected chi connectivity index (χ2v) is 8.98. The second-order valence-electron chi connectivity index (χ2n) is 6.64. The Labute approximate surface area is 171 Å². The van der Waals surface area contributed by atoms with Gasteiger partial charge in [-0.05, 0) is 55.3 Å². The minimum Gasteiger partial charge on any atom is -0.322 e. The van der Waals surface area contributed by atoms with Crippen LogP contribution in [0.25, 0.3) is 0 Å². The number of rotatable bonds is 4. The van der Waals surface area contributed by atoms with Crippen LogP contribution in [0.5, 0.6) is 0 Å². The highest BCUT2D eigenvalue weighted by molar-refractivity contribution is 7.89. The molecule has 10 heteroatoms. The minimum absolute atomic E-state index is 0.0711. The maximum Gasteiger partial charge on any atom is 0.417 e. The smallest absolute Gasteiger partial charge is 0.322 e. The molecule has 1 heterocycles. The van der Waals surface area contributed by atoms with E-state index in [1.807, 2.05) is 0 Å². The van der Waals surface area contributed by atoms with Crippen molar-refractivity contribution < 1.29 is 26.4 Å². The van der Waals surface area contributed by atoms with Gasteiger partial charge in [0.25, 0.3) is 5.91 Å². The predicted octanol–water partition coefficient (Wildman–Crippen LogP) is 4.79. The lowest BCUT2D eigenvalue weighted by atomic mass is 10.1. The van der Waals surface area contributed by atoms with E-state index in [2.05, 4.69) is 5.32 Å². The Bertz CT molecular complexity index is 1000. The maximum atomic E-state index is 12.9. The Morgan fingerprint density at radius 3 is 2.21 bits per heavy atom. The molecule has 3 rings (SSSR count). The molecule has 29 heavy (non-hydrogen) atoms. The summed E-state index contributed by atoms with van der Waals surface area (Å²) < 4.78 is 65.5. The fraction of sp³-hybridized carbons (Fsp3) is 0.316. The highest BCUT2D eigenvalue weighted by atomic mass is 35.5. The number of nitrogens with one attached hydrogen (secondary N) is 1. The van der Waals surface area contributed by atoms with Gasteiger partial charge in [-0.2, -0.15) is 17.5 Å². The number of nitrogens with zero attached hydrogens (tertiary/aromatic N) is 1. The molecule has 1 saturated heterocycles. The van der Waals surface area contributed by atoms with E-state index in [1.54, 1.807) is 0 Å². The summed E-state index contributed by atoms with van der Waals surface area (Å²) in [5.41, 5.74) is -1.01. The summed E-state index contributed by atoms with van der Waals surface area (Å²) in [4.78, 5) is 12.4. The lowest BCUT2D eigenvalue weighted by Crippen LogP contribution is -2.35. The van der Waals surface area contributed by atoms with Crippen LogP contribution < -0.4 is 5.32 Å². The third kappa shape index (κ3) is 4.91. The molecule has 0 bridgehead atoms. The lowest BCUT2D eigenvalue weighted by molar-refractivity contribution is -0.137. The summed E-state index contributed by atoms with van der Waals surface area (Å²) in [5, 5.41) is 1.89. The number of hydrogen-bond donors (Lipinski definition) is 1. The number of carbonyl (C=O) groups excluding carboxylic acids is 1. The number of sulfonamides is 1. The molecule has 1 amide bonds. The minimum atomic E-state index is -4.65. The lowest BCUT2D eigenvalue weighted by Gasteiger charge is -2.25. The molecule has 2 aromatic carbocycles. The van der Waals surface area contributed by atoms with Gasteiger partial charge in [0, 0.05) is 24.3 Å². The van der Waals surface area contributed by atoms with Gasteiger partial charge >= 0.3 is 6.18 Å². The van der Waals surface area contributed by atoms with Crippen LogP contribution in [0, 0.1) is 0 Å². The van der Waals surface area contributed by atoms with Crippen molar-refractivity contribution in [3.8, 4) is 0 Å². The van der Waals surface area contributed by atoms with Crippen molar-refractivity contribution >= 4 is 33.2 Å². The van der Waals surface area contributed by atoms with E-state index in [1.165, 1.54) is 34.6 Å². The molecule has 0 unspecified atom stereocenters. The van der Waals surface area contributed by atoms with E-state index < -0.39 is 32.7 Å². The van der Waals surface area contributed by atoms with Crippen LogP contribution in [-0.4, -0.2) is 31.7 Å². The second kappa shape index (κ2) is 8.33. The molecule has 0 radical (unpaired) electrons. The highest BCUT2D eigenvalue weighted by Gasteiger charge is 2.33. The van der Waals surface area contributed by atoms with Crippen LogP contribution in [0.2, 0.25) is 5.02 Å². The largest absolute Gasteiger partial charge is 0.417 e. The molecule has 0 atom stereocenters. The van der Waals surface area contributed by atoms with Crippen molar-refractivity contribution in [1.82, 2.24) is 4.31 Å². The van der Waals surface area contributed by atoms with Gasteiger partial charge in [-0.3, -0.25) is 4.79 Å². The van der Waals surface area contributed by atoms with Crippen molar-refractivity contribution in [2.75, 3.05) is 18.4 Å². The van der Waals surface area contributed by atoms with Crippen molar-refractivity contribution in [1.29, 1.82) is 0 Å². The third-order valence-electron chi connectivity index (χ3n) is 4.60. The summed E-state index contributed by atoms with van der Waals surface area (Å²) in [6.07, 6.45) is -2.05. The van der Waals surface area contributed by atoms with Gasteiger partial charge in [-0.15, -0.1) is 0 Å². The SMILES string of the molecule is O=C(Nc1ccc(Cl)c(C(F)(F)F)c1)c1ccc(S(=O)(=O)N2CCCCC2)cc1. The molecule has 0 aromatic heterocycles. The fourth-order valence-corrected chi connectivity index (χ4v) is 4.80. The summed E-state index contributed by atoms with van der Waals surface area (Å²) in [6.45, 7) is 0.922. The topological polar surface area (TPSA) is 66.5 Å². The van der Waals surface area contributed by atoms with Crippen molar-refractivity contribution in [2.45, 2.75) is 30.3 Å². The van der Waals surface area contributed by atoms with E-state index in [0.717, 1.165) is 31.4 Å². The van der Waals surface area contributed by atoms with E-state index >= 15 is 0 Å². The van der Waals surface area contributed by atoms with Crippen LogP contribution in [-0.2, 0) is 16.2 Å². The zero-order chi connectivity index (χ0) is 21.2. The molecule has 1 aliphatic rings. The van der Waals surface area contributed by atoms with Gasteiger partial charge in [0.1, 0.15) is 0 Å². The predicted molar refractivity (Wildman–Crippen MR) is 103 cm³/mol. The fourth-order valence-electron chi connectivity index (χ4n) is 3.06. The molecule has 0 aliphatic carbocycles. The number of hydrogen-bond acceptors (Lipinski definition) is 3. The van der Waals surface area contributed by atoms with Gasteiger partial charge in [0.2, 0.25) is 10.0 Å². The first-order chi connectivity index (χ1) is 13.6. The van der Waals surface area contributed by atoms with Crippen LogP contribution in [0.15, 0.2) is 47.4 Å². The number of alkyl halides is 3. The quantitative estimate of drug-likeness (QED) is 0.734. The Balaban J connectivity index is 1.76. The number of piperidine rings is 1. The standard InChI is InChI=1S/C19H18ClF3N2O3S/c20-17-9-6-14(12-16(17)19(21,22)23)24-18(26)13-4-7-15(8-5-13)29(27,28)25-10-2-1-3-11-25/h4-9,12H,1-3,10-11H2,(H,24,26). The third-order valence-corrected chi connectivity index (χ3v) is 6.84. The van der Waals surface area contributed by atoms with E-state index in [-0.39, 0.29) is 16.1 Å². The zero-order valence-corrected chi connectivity index (χ0v) is 16.7. The van der Waals surface area contributed by atoms with E-state index in [4.69, 9.17) is 11.6 Å². The molecule has 156 valence electrons. The van der Waals surface area contributed by atoms with Crippen LogP contribution in [0.3, 0.4) is 0 Å². The number of amides is 1. The number of halogens is 4. The Morgan fingerprint density at radius 2 is 1.62 bits per heavy atom. The first kappa shape index (κ1) is 21.6. The van der Waals surface area contributed by atoms with Crippen LogP contribution in [0.4, 0.5) is 18.9 Å². The first-order valence-electron chi connectivity index (χ1n) is 8.87. The van der Waals surface area contributed by atoms with Gasteiger partial charge < -0.3 is 5.32 Å². The van der Waals surface area contributed by atoms with Gasteiger partial charge in [-0.1, -0.05) is 18.0 Å². The highest BCUT2D eigenvalue weighted by Crippen LogP contribution is 2.36. The molecule has 1 fully saturated rings. The Morgan fingerprint density at radius 1 is 1.00 bits per heavy atom. The average molecular weight is 447 g/mol. The Kier molecular flexibility index (Phi) is 6.21. The van der Waals surface area contributed by atoms with E-state index in [0.29, 0.717) is 13.1 Å². The zero-order valence-electron chi connectivity index (χ0n) is 15.2. The van der Waals surface area contributed by atoms with Crippen molar-refractivity contribution in [3.05, 3.63) is 58.6 Å². The monoisotopic (exact) mass is 446 g/mol. The van der Waals surface area contributed by atoms with Crippen LogP contribution >= 0.6 is 11.6 Å². The van der Waals surface area contributed by atoms with Gasteiger partial charge in [-0.25, -0.2) is 8.42 Å². The summed E-state index contributed by atoms with van der Waals surface area (Å²) in [7, 11) is -3.63. The molecular weight excluding hydrogens is 429 g/mol. The average Bonchev–Trinajstić information content (AvgIpc) is 2.69.